The van der Waals surface area contributed by atoms with Crippen LogP contribution in [0, 0.1) is 11.3 Å². The normalized spacial score (nSPS) is 22.6. The molecule has 0 nitrogen and oxygen atoms in total. The number of hydrogen-bond acceptors (Lipinski definition) is 0. The van der Waals surface area contributed by atoms with Crippen LogP contribution in [0.15, 0.2) is 93.0 Å². The zero-order valence-electron chi connectivity index (χ0n) is 18.6. The number of fused-ring (bicyclic) bond motifs is 5. The molecule has 0 saturated carbocycles. The van der Waals surface area contributed by atoms with Crippen molar-refractivity contribution in [2.45, 2.75) is 52.4 Å². The van der Waals surface area contributed by atoms with Gasteiger partial charge in [-0.1, -0.05) is 95.5 Å². The second-order valence-corrected chi connectivity index (χ2v) is 11.0. The van der Waals surface area contributed by atoms with Crippen molar-refractivity contribution in [2.75, 3.05) is 0 Å². The largest absolute Gasteiger partial charge is 0.0697 e. The van der Waals surface area contributed by atoms with E-state index in [1.165, 1.54) is 63.6 Å². The Kier molecular flexibility index (Phi) is 4.38. The number of rotatable bonds is 2. The first kappa shape index (κ1) is 19.6. The third-order valence-corrected chi connectivity index (χ3v) is 8.80. The van der Waals surface area contributed by atoms with Gasteiger partial charge >= 0.3 is 0 Å². The summed E-state index contributed by atoms with van der Waals surface area (Å²) in [5, 5.41) is 0. The highest BCUT2D eigenvalue weighted by molar-refractivity contribution is 9.12. The van der Waals surface area contributed by atoms with E-state index in [9.17, 15) is 0 Å². The van der Waals surface area contributed by atoms with Crippen molar-refractivity contribution in [3.05, 3.63) is 104 Å². The molecule has 0 aliphatic heterocycles. The maximum atomic E-state index is 3.96. The van der Waals surface area contributed by atoms with Gasteiger partial charge in [-0.15, -0.1) is 0 Å². The Morgan fingerprint density at radius 2 is 1.48 bits per heavy atom. The molecule has 1 heteroatoms. The lowest BCUT2D eigenvalue weighted by Gasteiger charge is -2.38. The zero-order chi connectivity index (χ0) is 21.3. The predicted octanol–water partition coefficient (Wildman–Crippen LogP) is 8.86. The van der Waals surface area contributed by atoms with E-state index in [4.69, 9.17) is 0 Å². The van der Waals surface area contributed by atoms with Gasteiger partial charge in [-0.3, -0.25) is 0 Å². The molecule has 4 aliphatic rings. The summed E-state index contributed by atoms with van der Waals surface area (Å²) in [6.45, 7) is 7.30. The minimum Gasteiger partial charge on any atom is -0.0697 e. The van der Waals surface area contributed by atoms with E-state index < -0.39 is 0 Å². The van der Waals surface area contributed by atoms with Crippen LogP contribution in [0.1, 0.15) is 63.5 Å². The standard InChI is InChI=1S/C30H29Br/c1-18-16-25-21-12-4-7-13-22(21)27(31)17-26(25)28(18)30(2,3)29-23-14-8-5-10-19(23)20-11-6-9-15-24(20)29/h5-6,8-11,14-17,25,29H,4,7,12-13H2,1-3H3. The smallest absolute Gasteiger partial charge is 0.0243 e. The summed E-state index contributed by atoms with van der Waals surface area (Å²) in [5.74, 6) is 0.858. The maximum Gasteiger partial charge on any atom is 0.0243 e. The molecule has 0 N–H and O–H groups in total. The van der Waals surface area contributed by atoms with E-state index in [1.54, 1.807) is 16.7 Å². The van der Waals surface area contributed by atoms with E-state index >= 15 is 0 Å². The predicted molar refractivity (Wildman–Crippen MR) is 134 cm³/mol. The molecule has 31 heavy (non-hydrogen) atoms. The van der Waals surface area contributed by atoms with Crippen LogP contribution in [-0.2, 0) is 0 Å². The van der Waals surface area contributed by atoms with Crippen molar-refractivity contribution >= 4 is 15.9 Å². The van der Waals surface area contributed by atoms with Crippen LogP contribution in [-0.4, -0.2) is 0 Å². The van der Waals surface area contributed by atoms with E-state index in [0.29, 0.717) is 11.8 Å². The van der Waals surface area contributed by atoms with Gasteiger partial charge in [-0.25, -0.2) is 0 Å². The molecule has 0 amide bonds. The van der Waals surface area contributed by atoms with E-state index in [1.807, 2.05) is 0 Å². The number of allylic oxidation sites excluding steroid dienone is 8. The van der Waals surface area contributed by atoms with Crippen LogP contribution < -0.4 is 0 Å². The molecular weight excluding hydrogens is 440 g/mol. The summed E-state index contributed by atoms with van der Waals surface area (Å²) < 4.78 is 1.33. The van der Waals surface area contributed by atoms with Crippen molar-refractivity contribution in [1.82, 2.24) is 0 Å². The molecule has 0 fully saturated rings. The van der Waals surface area contributed by atoms with Crippen LogP contribution in [0.4, 0.5) is 0 Å². The van der Waals surface area contributed by atoms with Gasteiger partial charge in [0.2, 0.25) is 0 Å². The monoisotopic (exact) mass is 468 g/mol. The van der Waals surface area contributed by atoms with Crippen LogP contribution in [0.5, 0.6) is 0 Å². The Hall–Kier alpha value is -2.12. The third kappa shape index (κ3) is 2.72. The topological polar surface area (TPSA) is 0 Å². The first-order valence-electron chi connectivity index (χ1n) is 11.7. The molecule has 0 saturated heterocycles. The highest BCUT2D eigenvalue weighted by Gasteiger charge is 2.45. The van der Waals surface area contributed by atoms with Crippen molar-refractivity contribution in [1.29, 1.82) is 0 Å². The summed E-state index contributed by atoms with van der Waals surface area (Å²) >= 11 is 3.96. The minimum atomic E-state index is 0.00385. The lowest BCUT2D eigenvalue weighted by atomic mass is 9.66. The molecule has 0 heterocycles. The molecule has 156 valence electrons. The van der Waals surface area contributed by atoms with Gasteiger partial charge in [-0.2, -0.15) is 0 Å². The first-order chi connectivity index (χ1) is 15.0. The van der Waals surface area contributed by atoms with Gasteiger partial charge in [0.25, 0.3) is 0 Å². The fourth-order valence-electron chi connectivity index (χ4n) is 6.98. The highest BCUT2D eigenvalue weighted by atomic mass is 79.9. The fraction of sp³-hybridized carbons (Fsp3) is 0.333. The van der Waals surface area contributed by atoms with Gasteiger partial charge in [-0.05, 0) is 77.7 Å². The van der Waals surface area contributed by atoms with Crippen molar-refractivity contribution in [3.8, 4) is 11.1 Å². The molecule has 1 atom stereocenters. The second-order valence-electron chi connectivity index (χ2n) is 10.2. The molecule has 0 aromatic heterocycles. The number of halogens is 1. The summed E-state index contributed by atoms with van der Waals surface area (Å²) in [6, 6.07) is 18.1. The average Bonchev–Trinajstić information content (AvgIpc) is 3.29. The molecular formula is C30H29Br. The Morgan fingerprint density at radius 3 is 2.16 bits per heavy atom. The van der Waals surface area contributed by atoms with Gasteiger partial charge in [0.15, 0.2) is 0 Å². The summed E-state index contributed by atoms with van der Waals surface area (Å²) in [5.41, 5.74) is 13.6. The van der Waals surface area contributed by atoms with Crippen LogP contribution >= 0.6 is 15.9 Å². The van der Waals surface area contributed by atoms with Gasteiger partial charge in [0.05, 0.1) is 0 Å². The summed E-state index contributed by atoms with van der Waals surface area (Å²) in [7, 11) is 0. The summed E-state index contributed by atoms with van der Waals surface area (Å²) in [4.78, 5) is 0. The second kappa shape index (κ2) is 6.94. The molecule has 2 aromatic rings. The molecule has 6 rings (SSSR count). The van der Waals surface area contributed by atoms with Crippen LogP contribution in [0.3, 0.4) is 0 Å². The summed E-state index contributed by atoms with van der Waals surface area (Å²) in [6.07, 6.45) is 10.2. The Bertz CT molecular complexity index is 1190. The average molecular weight is 469 g/mol. The molecule has 0 spiro atoms. The fourth-order valence-corrected chi connectivity index (χ4v) is 7.68. The third-order valence-electron chi connectivity index (χ3n) is 8.09. The van der Waals surface area contributed by atoms with E-state index in [-0.39, 0.29) is 5.41 Å². The quantitative estimate of drug-likeness (QED) is 0.412. The Labute approximate surface area is 194 Å². The van der Waals surface area contributed by atoms with Gasteiger partial charge < -0.3 is 0 Å². The molecule has 1 unspecified atom stereocenters. The van der Waals surface area contributed by atoms with Gasteiger partial charge in [0, 0.05) is 21.7 Å². The molecule has 0 radical (unpaired) electrons. The van der Waals surface area contributed by atoms with Crippen molar-refractivity contribution in [2.24, 2.45) is 11.3 Å². The first-order valence-corrected chi connectivity index (χ1v) is 12.5. The number of hydrogen-bond donors (Lipinski definition) is 0. The van der Waals surface area contributed by atoms with E-state index in [2.05, 4.69) is 97.4 Å². The number of benzene rings is 2. The maximum absolute atomic E-state index is 3.96. The van der Waals surface area contributed by atoms with Gasteiger partial charge in [0.1, 0.15) is 0 Å². The zero-order valence-corrected chi connectivity index (χ0v) is 20.2. The SMILES string of the molecule is CC1=CC2C(=C1C(C)(C)C1c3ccccc3-c3ccccc31)C=C(Br)C1=C2CCCC1. The van der Waals surface area contributed by atoms with Crippen molar-refractivity contribution in [3.63, 3.8) is 0 Å². The minimum absolute atomic E-state index is 0.00385. The highest BCUT2D eigenvalue weighted by Crippen LogP contribution is 2.60. The van der Waals surface area contributed by atoms with E-state index in [0.717, 1.165) is 0 Å². The molecule has 4 aliphatic carbocycles. The van der Waals surface area contributed by atoms with Crippen molar-refractivity contribution < 1.29 is 0 Å². The van der Waals surface area contributed by atoms with Crippen LogP contribution in [0.25, 0.3) is 11.1 Å². The lowest BCUT2D eigenvalue weighted by molar-refractivity contribution is 0.396. The molecule has 0 bridgehead atoms. The van der Waals surface area contributed by atoms with Crippen LogP contribution in [0.2, 0.25) is 0 Å². The Morgan fingerprint density at radius 1 is 0.871 bits per heavy atom. The molecule has 2 aromatic carbocycles. The lowest BCUT2D eigenvalue weighted by Crippen LogP contribution is -2.26. The Balaban J connectivity index is 1.55.